The van der Waals surface area contributed by atoms with Crippen molar-refractivity contribution in [3.05, 3.63) is 32.5 Å². The van der Waals surface area contributed by atoms with E-state index in [1.807, 2.05) is 10.6 Å². The Morgan fingerprint density at radius 2 is 1.95 bits per heavy atom. The Kier molecular flexibility index (Phi) is 3.56. The standard InChI is InChI=1S/C10H9N3O5S/c14-8-7(9(15)12-10(16)11-8)5(4-13(17)18)6-2-1-3-19-6/h1-3,5,7H,4H2,(H2,11,12,14,15,16). The van der Waals surface area contributed by atoms with Gasteiger partial charge in [-0.1, -0.05) is 6.07 Å². The quantitative estimate of drug-likeness (QED) is 0.461. The largest absolute Gasteiger partial charge is 0.328 e. The van der Waals surface area contributed by atoms with Crippen molar-refractivity contribution in [2.45, 2.75) is 5.92 Å². The van der Waals surface area contributed by atoms with E-state index < -0.39 is 41.1 Å². The van der Waals surface area contributed by atoms with Crippen molar-refractivity contribution in [3.8, 4) is 0 Å². The first-order valence-corrected chi connectivity index (χ1v) is 6.18. The number of amides is 4. The van der Waals surface area contributed by atoms with E-state index in [2.05, 4.69) is 0 Å². The van der Waals surface area contributed by atoms with E-state index >= 15 is 0 Å². The molecule has 2 rings (SSSR count). The summed E-state index contributed by atoms with van der Waals surface area (Å²) in [6, 6.07) is 2.39. The fraction of sp³-hybridized carbons (Fsp3) is 0.300. The fourth-order valence-electron chi connectivity index (χ4n) is 1.92. The summed E-state index contributed by atoms with van der Waals surface area (Å²) in [6.45, 7) is -0.555. The second kappa shape index (κ2) is 5.14. The molecule has 1 unspecified atom stereocenters. The molecule has 1 aliphatic heterocycles. The van der Waals surface area contributed by atoms with Gasteiger partial charge in [0.15, 0.2) is 0 Å². The van der Waals surface area contributed by atoms with E-state index in [9.17, 15) is 24.5 Å². The van der Waals surface area contributed by atoms with E-state index in [0.29, 0.717) is 4.88 Å². The highest BCUT2D eigenvalue weighted by Gasteiger charge is 2.43. The van der Waals surface area contributed by atoms with Gasteiger partial charge < -0.3 is 0 Å². The molecule has 0 bridgehead atoms. The van der Waals surface area contributed by atoms with Gasteiger partial charge in [-0.3, -0.25) is 30.3 Å². The van der Waals surface area contributed by atoms with Gasteiger partial charge in [-0.25, -0.2) is 4.79 Å². The van der Waals surface area contributed by atoms with Crippen molar-refractivity contribution in [2.75, 3.05) is 6.54 Å². The van der Waals surface area contributed by atoms with Gasteiger partial charge in [0.05, 0.1) is 5.92 Å². The first kappa shape index (κ1) is 13.1. The predicted octanol–water partition coefficient (Wildman–Crippen LogP) is 0.0906. The Balaban J connectivity index is 2.32. The molecular weight excluding hydrogens is 274 g/mol. The summed E-state index contributed by atoms with van der Waals surface area (Å²) >= 11 is 1.22. The molecule has 1 saturated heterocycles. The number of nitro groups is 1. The molecule has 1 aromatic rings. The highest BCUT2D eigenvalue weighted by molar-refractivity contribution is 7.10. The lowest BCUT2D eigenvalue weighted by Crippen LogP contribution is -2.57. The number of thiophene rings is 1. The molecular formula is C10H9N3O5S. The molecule has 1 aromatic heterocycles. The summed E-state index contributed by atoms with van der Waals surface area (Å²) < 4.78 is 0. The van der Waals surface area contributed by atoms with Crippen molar-refractivity contribution in [1.82, 2.24) is 10.6 Å². The van der Waals surface area contributed by atoms with Gasteiger partial charge >= 0.3 is 6.03 Å². The van der Waals surface area contributed by atoms with Gasteiger partial charge in [-0.15, -0.1) is 11.3 Å². The zero-order chi connectivity index (χ0) is 14.0. The molecule has 1 atom stereocenters. The predicted molar refractivity (Wildman–Crippen MR) is 64.1 cm³/mol. The van der Waals surface area contributed by atoms with Crippen LogP contribution in [0.2, 0.25) is 0 Å². The second-order valence-corrected chi connectivity index (χ2v) is 4.90. The summed E-state index contributed by atoms with van der Waals surface area (Å²) in [6.07, 6.45) is 0. The zero-order valence-electron chi connectivity index (χ0n) is 9.49. The van der Waals surface area contributed by atoms with Gasteiger partial charge in [0.1, 0.15) is 5.92 Å². The maximum Gasteiger partial charge on any atom is 0.328 e. The first-order chi connectivity index (χ1) is 8.99. The van der Waals surface area contributed by atoms with Crippen LogP contribution in [0.15, 0.2) is 17.5 Å². The van der Waals surface area contributed by atoms with Gasteiger partial charge in [0, 0.05) is 9.80 Å². The lowest BCUT2D eigenvalue weighted by Gasteiger charge is -2.25. The maximum absolute atomic E-state index is 11.7. The number of carbonyl (C=O) groups excluding carboxylic acids is 3. The van der Waals surface area contributed by atoms with E-state index in [1.165, 1.54) is 11.3 Å². The molecule has 1 aliphatic rings. The van der Waals surface area contributed by atoms with Crippen molar-refractivity contribution in [3.63, 3.8) is 0 Å². The summed E-state index contributed by atoms with van der Waals surface area (Å²) in [4.78, 5) is 45.1. The molecule has 0 radical (unpaired) electrons. The van der Waals surface area contributed by atoms with Crippen LogP contribution in [0.3, 0.4) is 0 Å². The maximum atomic E-state index is 11.7. The number of hydrogen-bond donors (Lipinski definition) is 2. The lowest BCUT2D eigenvalue weighted by molar-refractivity contribution is -0.484. The van der Waals surface area contributed by atoms with E-state index in [-0.39, 0.29) is 0 Å². The first-order valence-electron chi connectivity index (χ1n) is 5.30. The molecule has 1 fully saturated rings. The minimum atomic E-state index is -1.28. The molecule has 0 aliphatic carbocycles. The second-order valence-electron chi connectivity index (χ2n) is 3.92. The summed E-state index contributed by atoms with van der Waals surface area (Å²) in [7, 11) is 0. The Labute approximate surface area is 110 Å². The van der Waals surface area contributed by atoms with Crippen molar-refractivity contribution < 1.29 is 19.3 Å². The van der Waals surface area contributed by atoms with Crippen molar-refractivity contribution in [2.24, 2.45) is 5.92 Å². The molecule has 2 heterocycles. The number of carbonyl (C=O) groups is 3. The van der Waals surface area contributed by atoms with Crippen LogP contribution in [0.5, 0.6) is 0 Å². The average molecular weight is 283 g/mol. The number of imide groups is 2. The Bertz CT molecular complexity index is 521. The highest BCUT2D eigenvalue weighted by Crippen LogP contribution is 2.30. The van der Waals surface area contributed by atoms with Crippen LogP contribution in [-0.4, -0.2) is 29.3 Å². The van der Waals surface area contributed by atoms with Crippen LogP contribution in [-0.2, 0) is 9.59 Å². The number of barbiturate groups is 1. The van der Waals surface area contributed by atoms with Crippen LogP contribution >= 0.6 is 11.3 Å². The monoisotopic (exact) mass is 283 g/mol. The van der Waals surface area contributed by atoms with Crippen molar-refractivity contribution >= 4 is 29.2 Å². The number of hydrogen-bond acceptors (Lipinski definition) is 6. The average Bonchev–Trinajstić information content (AvgIpc) is 2.78. The van der Waals surface area contributed by atoms with E-state index in [0.717, 1.165) is 0 Å². The fourth-order valence-corrected chi connectivity index (χ4v) is 2.77. The molecule has 4 amide bonds. The molecule has 9 heteroatoms. The summed E-state index contributed by atoms with van der Waals surface area (Å²) in [5.74, 6) is -3.78. The molecule has 0 spiro atoms. The van der Waals surface area contributed by atoms with Gasteiger partial charge in [-0.2, -0.15) is 0 Å². The summed E-state index contributed by atoms with van der Waals surface area (Å²) in [5, 5.41) is 16.3. The van der Waals surface area contributed by atoms with Crippen molar-refractivity contribution in [1.29, 1.82) is 0 Å². The van der Waals surface area contributed by atoms with Gasteiger partial charge in [0.2, 0.25) is 18.4 Å². The smallest absolute Gasteiger partial charge is 0.277 e. The zero-order valence-corrected chi connectivity index (χ0v) is 10.3. The molecule has 0 saturated carbocycles. The van der Waals surface area contributed by atoms with E-state index in [1.54, 1.807) is 17.5 Å². The molecule has 100 valence electrons. The number of rotatable bonds is 4. The third-order valence-electron chi connectivity index (χ3n) is 2.70. The SMILES string of the molecule is O=C1NC(=O)C(C(C[N+](=O)[O-])c2cccs2)C(=O)N1. The lowest BCUT2D eigenvalue weighted by atomic mass is 9.88. The van der Waals surface area contributed by atoms with Gasteiger partial charge in [-0.05, 0) is 11.4 Å². The van der Waals surface area contributed by atoms with Crippen LogP contribution in [0.1, 0.15) is 10.8 Å². The minimum absolute atomic E-state index is 0.555. The number of urea groups is 1. The highest BCUT2D eigenvalue weighted by atomic mass is 32.1. The number of nitrogens with one attached hydrogen (secondary N) is 2. The van der Waals surface area contributed by atoms with Crippen LogP contribution < -0.4 is 10.6 Å². The Morgan fingerprint density at radius 3 is 2.42 bits per heavy atom. The van der Waals surface area contributed by atoms with E-state index in [4.69, 9.17) is 0 Å². The Morgan fingerprint density at radius 1 is 1.32 bits per heavy atom. The summed E-state index contributed by atoms with van der Waals surface area (Å²) in [5.41, 5.74) is 0. The topological polar surface area (TPSA) is 118 Å². The normalized spacial score (nSPS) is 17.8. The molecule has 2 N–H and O–H groups in total. The van der Waals surface area contributed by atoms with Crippen LogP contribution in [0, 0.1) is 16.0 Å². The Hall–Kier alpha value is -2.29. The molecule has 8 nitrogen and oxygen atoms in total. The third kappa shape index (κ3) is 2.76. The van der Waals surface area contributed by atoms with Crippen LogP contribution in [0.4, 0.5) is 4.79 Å². The minimum Gasteiger partial charge on any atom is -0.277 e. The third-order valence-corrected chi connectivity index (χ3v) is 3.70. The van der Waals surface area contributed by atoms with Crippen LogP contribution in [0.25, 0.3) is 0 Å². The van der Waals surface area contributed by atoms with Gasteiger partial charge in [0.25, 0.3) is 0 Å². The molecule has 19 heavy (non-hydrogen) atoms. The number of nitrogens with zero attached hydrogens (tertiary/aromatic N) is 1. The molecule has 0 aromatic carbocycles.